The van der Waals surface area contributed by atoms with E-state index in [4.69, 9.17) is 15.2 Å². The van der Waals surface area contributed by atoms with E-state index in [1.54, 1.807) is 14.2 Å². The molecule has 19 heavy (non-hydrogen) atoms. The number of hydrogen-bond acceptors (Lipinski definition) is 4. The Morgan fingerprint density at radius 3 is 2.74 bits per heavy atom. The molecule has 0 aliphatic carbocycles. The monoisotopic (exact) mass is 283 g/mol. The van der Waals surface area contributed by atoms with Crippen molar-refractivity contribution in [3.8, 4) is 5.75 Å². The van der Waals surface area contributed by atoms with Crippen molar-refractivity contribution in [3.63, 3.8) is 0 Å². The van der Waals surface area contributed by atoms with E-state index in [0.29, 0.717) is 5.25 Å². The largest absolute Gasteiger partial charge is 0.497 e. The summed E-state index contributed by atoms with van der Waals surface area (Å²) in [4.78, 5) is 0. The third-order valence-electron chi connectivity index (χ3n) is 3.07. The van der Waals surface area contributed by atoms with E-state index in [-0.39, 0.29) is 6.04 Å². The van der Waals surface area contributed by atoms with Crippen LogP contribution in [0.1, 0.15) is 30.6 Å². The third-order valence-corrected chi connectivity index (χ3v) is 4.58. The molecule has 1 rings (SSSR count). The second-order valence-corrected chi connectivity index (χ2v) is 5.74. The quantitative estimate of drug-likeness (QED) is 0.707. The number of hydrogen-bond donors (Lipinski definition) is 1. The molecule has 108 valence electrons. The summed E-state index contributed by atoms with van der Waals surface area (Å²) >= 11 is 1.91. The summed E-state index contributed by atoms with van der Waals surface area (Å²) in [5.74, 6) is 1.95. The van der Waals surface area contributed by atoms with E-state index in [2.05, 4.69) is 19.1 Å². The molecule has 1 aromatic rings. The van der Waals surface area contributed by atoms with Crippen molar-refractivity contribution in [2.45, 2.75) is 31.1 Å². The van der Waals surface area contributed by atoms with E-state index < -0.39 is 0 Å². The van der Waals surface area contributed by atoms with Crippen molar-refractivity contribution in [1.29, 1.82) is 0 Å². The van der Waals surface area contributed by atoms with Crippen LogP contribution < -0.4 is 10.5 Å². The van der Waals surface area contributed by atoms with E-state index in [9.17, 15) is 0 Å². The summed E-state index contributed by atoms with van der Waals surface area (Å²) in [6.07, 6.45) is 2.03. The maximum Gasteiger partial charge on any atom is 0.119 e. The molecule has 3 nitrogen and oxygen atoms in total. The Balaban J connectivity index is 2.71. The van der Waals surface area contributed by atoms with Gasteiger partial charge < -0.3 is 15.2 Å². The van der Waals surface area contributed by atoms with Gasteiger partial charge in [-0.3, -0.25) is 0 Å². The number of methoxy groups -OCH3 is 2. The van der Waals surface area contributed by atoms with E-state index in [1.807, 2.05) is 23.9 Å². The summed E-state index contributed by atoms with van der Waals surface area (Å²) in [5, 5.41) is 0.317. The van der Waals surface area contributed by atoms with Crippen LogP contribution in [0.15, 0.2) is 24.3 Å². The van der Waals surface area contributed by atoms with Gasteiger partial charge in [0.05, 0.1) is 7.11 Å². The molecule has 0 bridgehead atoms. The SMILES string of the molecule is CCC(N)C(SCCCOC)c1cccc(OC)c1. The van der Waals surface area contributed by atoms with E-state index >= 15 is 0 Å². The molecule has 4 heteroatoms. The second kappa shape index (κ2) is 9.23. The maximum atomic E-state index is 6.26. The van der Waals surface area contributed by atoms with Crippen molar-refractivity contribution in [2.24, 2.45) is 5.73 Å². The Kier molecular flexibility index (Phi) is 7.94. The lowest BCUT2D eigenvalue weighted by molar-refractivity contribution is 0.200. The van der Waals surface area contributed by atoms with Crippen LogP contribution in [0, 0.1) is 0 Å². The van der Waals surface area contributed by atoms with Gasteiger partial charge in [-0.25, -0.2) is 0 Å². The number of ether oxygens (including phenoxy) is 2. The minimum absolute atomic E-state index is 0.166. The molecule has 0 aliphatic rings. The van der Waals surface area contributed by atoms with Gasteiger partial charge in [-0.15, -0.1) is 0 Å². The van der Waals surface area contributed by atoms with Crippen LogP contribution in [-0.4, -0.2) is 32.6 Å². The van der Waals surface area contributed by atoms with Crippen molar-refractivity contribution in [3.05, 3.63) is 29.8 Å². The van der Waals surface area contributed by atoms with Gasteiger partial charge in [-0.05, 0) is 36.3 Å². The number of benzene rings is 1. The van der Waals surface area contributed by atoms with Crippen LogP contribution in [0.2, 0.25) is 0 Å². The summed E-state index contributed by atoms with van der Waals surface area (Å²) in [6.45, 7) is 2.94. The van der Waals surface area contributed by atoms with E-state index in [1.165, 1.54) is 5.56 Å². The molecule has 0 aliphatic heterocycles. The molecule has 0 radical (unpaired) electrons. The smallest absolute Gasteiger partial charge is 0.119 e. The summed E-state index contributed by atoms with van der Waals surface area (Å²) in [6, 6.07) is 8.38. The highest BCUT2D eigenvalue weighted by Crippen LogP contribution is 2.34. The molecule has 0 fully saturated rings. The Morgan fingerprint density at radius 2 is 2.11 bits per heavy atom. The predicted molar refractivity (Wildman–Crippen MR) is 83.0 cm³/mol. The molecule has 2 atom stereocenters. The lowest BCUT2D eigenvalue weighted by Crippen LogP contribution is -2.26. The van der Waals surface area contributed by atoms with Crippen molar-refractivity contribution in [1.82, 2.24) is 0 Å². The van der Waals surface area contributed by atoms with Gasteiger partial charge in [0.1, 0.15) is 5.75 Å². The van der Waals surface area contributed by atoms with Crippen molar-refractivity contribution < 1.29 is 9.47 Å². The standard InChI is InChI=1S/C15H25NO2S/c1-4-14(16)15(19-10-6-9-17-2)12-7-5-8-13(11-12)18-3/h5,7-8,11,14-15H,4,6,9-10,16H2,1-3H3. The zero-order valence-electron chi connectivity index (χ0n) is 12.1. The average molecular weight is 283 g/mol. The molecule has 1 aromatic carbocycles. The Morgan fingerprint density at radius 1 is 1.32 bits per heavy atom. The normalized spacial score (nSPS) is 14.1. The topological polar surface area (TPSA) is 44.5 Å². The highest BCUT2D eigenvalue weighted by molar-refractivity contribution is 7.99. The molecular weight excluding hydrogens is 258 g/mol. The van der Waals surface area contributed by atoms with Gasteiger partial charge in [0.2, 0.25) is 0 Å². The highest BCUT2D eigenvalue weighted by atomic mass is 32.2. The zero-order valence-corrected chi connectivity index (χ0v) is 12.9. The third kappa shape index (κ3) is 5.43. The van der Waals surface area contributed by atoms with Crippen molar-refractivity contribution in [2.75, 3.05) is 26.6 Å². The molecule has 0 aromatic heterocycles. The fourth-order valence-corrected chi connectivity index (χ4v) is 3.23. The van der Waals surface area contributed by atoms with Crippen LogP contribution in [0.25, 0.3) is 0 Å². The van der Waals surface area contributed by atoms with Crippen LogP contribution >= 0.6 is 11.8 Å². The summed E-state index contributed by atoms with van der Waals surface area (Å²) < 4.78 is 10.4. The van der Waals surface area contributed by atoms with Crippen molar-refractivity contribution >= 4 is 11.8 Å². The lowest BCUT2D eigenvalue weighted by atomic mass is 10.0. The maximum absolute atomic E-state index is 6.26. The first-order chi connectivity index (χ1) is 9.22. The van der Waals surface area contributed by atoms with Crippen LogP contribution in [0.5, 0.6) is 5.75 Å². The zero-order chi connectivity index (χ0) is 14.1. The first-order valence-electron chi connectivity index (χ1n) is 6.73. The Bertz CT molecular complexity index is 360. The first-order valence-corrected chi connectivity index (χ1v) is 7.77. The molecule has 0 spiro atoms. The first kappa shape index (κ1) is 16.3. The van der Waals surface area contributed by atoms with Gasteiger partial charge in [-0.2, -0.15) is 11.8 Å². The average Bonchev–Trinajstić information content (AvgIpc) is 2.46. The van der Waals surface area contributed by atoms with Gasteiger partial charge in [0, 0.05) is 25.0 Å². The predicted octanol–water partition coefficient (Wildman–Crippen LogP) is 3.24. The van der Waals surface area contributed by atoms with Gasteiger partial charge in [0.15, 0.2) is 0 Å². The molecule has 2 unspecified atom stereocenters. The van der Waals surface area contributed by atoms with Gasteiger partial charge in [0.25, 0.3) is 0 Å². The fourth-order valence-electron chi connectivity index (χ4n) is 1.91. The van der Waals surface area contributed by atoms with Gasteiger partial charge >= 0.3 is 0 Å². The molecule has 0 saturated heterocycles. The van der Waals surface area contributed by atoms with Crippen LogP contribution in [0.3, 0.4) is 0 Å². The summed E-state index contributed by atoms with van der Waals surface area (Å²) in [5.41, 5.74) is 7.51. The minimum atomic E-state index is 0.166. The molecule has 0 amide bonds. The number of thioether (sulfide) groups is 1. The van der Waals surface area contributed by atoms with Crippen LogP contribution in [-0.2, 0) is 4.74 Å². The Labute approximate surface area is 120 Å². The molecular formula is C15H25NO2S. The fraction of sp³-hybridized carbons (Fsp3) is 0.600. The Hall–Kier alpha value is -0.710. The van der Waals surface area contributed by atoms with E-state index in [0.717, 1.165) is 31.0 Å². The number of nitrogens with two attached hydrogens (primary N) is 1. The minimum Gasteiger partial charge on any atom is -0.497 e. The van der Waals surface area contributed by atoms with Gasteiger partial charge in [-0.1, -0.05) is 19.1 Å². The van der Waals surface area contributed by atoms with Crippen LogP contribution in [0.4, 0.5) is 0 Å². The lowest BCUT2D eigenvalue weighted by Gasteiger charge is -2.23. The second-order valence-electron chi connectivity index (χ2n) is 4.49. The highest BCUT2D eigenvalue weighted by Gasteiger charge is 2.19. The molecule has 0 heterocycles. The molecule has 2 N–H and O–H groups in total. The number of rotatable bonds is 9. The molecule has 0 saturated carbocycles. The summed E-state index contributed by atoms with van der Waals surface area (Å²) in [7, 11) is 3.43.